The summed E-state index contributed by atoms with van der Waals surface area (Å²) in [6.07, 6.45) is 2.15. The lowest BCUT2D eigenvalue weighted by molar-refractivity contribution is 0.0136. The number of likely N-dealkylation sites (tertiary alicyclic amines) is 1. The van der Waals surface area contributed by atoms with Crippen LogP contribution < -0.4 is 10.1 Å². The van der Waals surface area contributed by atoms with Crippen LogP contribution in [-0.4, -0.2) is 34.3 Å². The maximum absolute atomic E-state index is 10.8. The quantitative estimate of drug-likeness (QED) is 0.529. The normalized spacial score (nSPS) is 20.0. The van der Waals surface area contributed by atoms with E-state index in [0.717, 1.165) is 43.2 Å². The predicted molar refractivity (Wildman–Crippen MR) is 123 cm³/mol. The number of hydrogen-bond donors (Lipinski definition) is 2. The maximum Gasteiger partial charge on any atom is 0.127 e. The third kappa shape index (κ3) is 5.70. The molecule has 2 N–H and O–H groups in total. The van der Waals surface area contributed by atoms with E-state index >= 15 is 0 Å². The third-order valence-electron chi connectivity index (χ3n) is 5.98. The summed E-state index contributed by atoms with van der Waals surface area (Å²) >= 11 is 0. The number of ether oxygens (including phenoxy) is 1. The highest BCUT2D eigenvalue weighted by molar-refractivity contribution is 5.35. The molecule has 2 atom stereocenters. The van der Waals surface area contributed by atoms with E-state index in [1.807, 2.05) is 48.5 Å². The molecule has 5 heteroatoms. The van der Waals surface area contributed by atoms with Crippen molar-refractivity contribution in [1.29, 1.82) is 0 Å². The fraction of sp³-hybridized carbons (Fsp3) is 0.346. The van der Waals surface area contributed by atoms with Crippen LogP contribution in [0.1, 0.15) is 30.2 Å². The summed E-state index contributed by atoms with van der Waals surface area (Å²) in [6.45, 7) is 7.42. The van der Waals surface area contributed by atoms with Gasteiger partial charge in [-0.1, -0.05) is 37.3 Å². The molecule has 2 unspecified atom stereocenters. The van der Waals surface area contributed by atoms with Gasteiger partial charge in [0.25, 0.3) is 0 Å². The lowest BCUT2D eigenvalue weighted by atomic mass is 9.87. The average Bonchev–Trinajstić information content (AvgIpc) is 3.15. The van der Waals surface area contributed by atoms with Crippen LogP contribution in [0.25, 0.3) is 0 Å². The van der Waals surface area contributed by atoms with Crippen LogP contribution in [0.5, 0.6) is 11.5 Å². The molecule has 0 saturated carbocycles. The Labute approximate surface area is 184 Å². The van der Waals surface area contributed by atoms with Crippen molar-refractivity contribution in [2.24, 2.45) is 5.41 Å². The third-order valence-corrected chi connectivity index (χ3v) is 5.98. The van der Waals surface area contributed by atoms with Gasteiger partial charge < -0.3 is 9.84 Å². The van der Waals surface area contributed by atoms with E-state index in [0.29, 0.717) is 6.54 Å². The zero-order valence-corrected chi connectivity index (χ0v) is 18.3. The fourth-order valence-corrected chi connectivity index (χ4v) is 4.17. The Hall–Kier alpha value is -2.73. The van der Waals surface area contributed by atoms with Gasteiger partial charge in [0.2, 0.25) is 0 Å². The van der Waals surface area contributed by atoms with Crippen molar-refractivity contribution < 1.29 is 9.84 Å². The van der Waals surface area contributed by atoms with Crippen LogP contribution in [0, 0.1) is 12.3 Å². The van der Waals surface area contributed by atoms with Gasteiger partial charge in [0.1, 0.15) is 17.7 Å². The van der Waals surface area contributed by atoms with Gasteiger partial charge in [-0.25, -0.2) is 0 Å². The van der Waals surface area contributed by atoms with Crippen molar-refractivity contribution in [3.8, 4) is 11.5 Å². The molecule has 1 aromatic heterocycles. The van der Waals surface area contributed by atoms with Gasteiger partial charge in [0.05, 0.1) is 5.69 Å². The summed E-state index contributed by atoms with van der Waals surface area (Å²) in [4.78, 5) is 6.72. The molecule has 5 nitrogen and oxygen atoms in total. The van der Waals surface area contributed by atoms with Gasteiger partial charge in [0, 0.05) is 31.2 Å². The molecule has 1 saturated heterocycles. The minimum atomic E-state index is -0.574. The molecule has 0 spiro atoms. The zero-order valence-electron chi connectivity index (χ0n) is 18.3. The highest BCUT2D eigenvalue weighted by atomic mass is 16.5. The van der Waals surface area contributed by atoms with Crippen molar-refractivity contribution in [3.05, 3.63) is 89.7 Å². The molecule has 1 aliphatic rings. The molecular formula is C26H31N3O2. The number of nitrogens with one attached hydrogen (secondary N) is 1. The smallest absolute Gasteiger partial charge is 0.127 e. The topological polar surface area (TPSA) is 57.6 Å². The van der Waals surface area contributed by atoms with Crippen molar-refractivity contribution >= 4 is 0 Å². The van der Waals surface area contributed by atoms with Gasteiger partial charge in [-0.3, -0.25) is 15.2 Å². The van der Waals surface area contributed by atoms with E-state index in [2.05, 4.69) is 47.2 Å². The van der Waals surface area contributed by atoms with E-state index in [9.17, 15) is 5.11 Å². The lowest BCUT2D eigenvalue weighted by Gasteiger charge is -2.31. The number of hydrogen-bond acceptors (Lipinski definition) is 5. The Morgan fingerprint density at radius 2 is 1.90 bits per heavy atom. The number of nitrogens with zero attached hydrogens (tertiary/aromatic N) is 2. The standard InChI is InChI=1S/C26H31N3O2/c1-20-7-5-10-23(15-20)31-24-11-6-8-21(16-24)18-29-14-12-26(2,19-29)25(30)28-17-22-9-3-4-13-27-22/h3-11,13,15-16,25,28,30H,12,14,17-19H2,1-2H3. The van der Waals surface area contributed by atoms with Crippen molar-refractivity contribution in [2.75, 3.05) is 13.1 Å². The molecule has 3 aromatic rings. The lowest BCUT2D eigenvalue weighted by Crippen LogP contribution is -2.45. The molecule has 1 fully saturated rings. The Bertz CT molecular complexity index is 995. The van der Waals surface area contributed by atoms with Crippen LogP contribution in [0.3, 0.4) is 0 Å². The molecule has 2 aromatic carbocycles. The number of aliphatic hydroxyl groups excluding tert-OH is 1. The summed E-state index contributed by atoms with van der Waals surface area (Å²) in [5.41, 5.74) is 3.14. The van der Waals surface area contributed by atoms with Gasteiger partial charge in [-0.05, 0) is 67.4 Å². The number of rotatable bonds is 8. The number of aryl methyl sites for hydroxylation is 1. The van der Waals surface area contributed by atoms with Gasteiger partial charge in [-0.2, -0.15) is 0 Å². The second-order valence-corrected chi connectivity index (χ2v) is 8.79. The second-order valence-electron chi connectivity index (χ2n) is 8.79. The molecule has 1 aliphatic heterocycles. The van der Waals surface area contributed by atoms with E-state index < -0.39 is 6.23 Å². The van der Waals surface area contributed by atoms with Crippen molar-refractivity contribution in [3.63, 3.8) is 0 Å². The second kappa shape index (κ2) is 9.60. The summed E-state index contributed by atoms with van der Waals surface area (Å²) in [6, 6.07) is 22.2. The molecular weight excluding hydrogens is 386 g/mol. The van der Waals surface area contributed by atoms with Crippen molar-refractivity contribution in [2.45, 2.75) is 39.6 Å². The first kappa shape index (κ1) is 21.5. The van der Waals surface area contributed by atoms with Gasteiger partial charge >= 0.3 is 0 Å². The van der Waals surface area contributed by atoms with Crippen LogP contribution in [0.15, 0.2) is 72.9 Å². The molecule has 2 heterocycles. The van der Waals surface area contributed by atoms with Crippen LogP contribution >= 0.6 is 0 Å². The molecule has 0 radical (unpaired) electrons. The maximum atomic E-state index is 10.8. The first-order valence-electron chi connectivity index (χ1n) is 10.9. The monoisotopic (exact) mass is 417 g/mol. The minimum absolute atomic E-state index is 0.190. The van der Waals surface area contributed by atoms with Crippen LogP contribution in [-0.2, 0) is 13.1 Å². The van der Waals surface area contributed by atoms with Gasteiger partial charge in [0.15, 0.2) is 0 Å². The molecule has 4 rings (SSSR count). The summed E-state index contributed by atoms with van der Waals surface area (Å²) in [5.74, 6) is 1.70. The first-order valence-corrected chi connectivity index (χ1v) is 10.9. The molecule has 0 aliphatic carbocycles. The first-order chi connectivity index (χ1) is 15.0. The van der Waals surface area contributed by atoms with Crippen LogP contribution in [0.4, 0.5) is 0 Å². The van der Waals surface area contributed by atoms with Crippen molar-refractivity contribution in [1.82, 2.24) is 15.2 Å². The number of benzene rings is 2. The largest absolute Gasteiger partial charge is 0.457 e. The molecule has 31 heavy (non-hydrogen) atoms. The Kier molecular flexibility index (Phi) is 6.66. The highest BCUT2D eigenvalue weighted by Crippen LogP contribution is 2.34. The summed E-state index contributed by atoms with van der Waals surface area (Å²) < 4.78 is 6.04. The number of aliphatic hydroxyl groups is 1. The summed E-state index contributed by atoms with van der Waals surface area (Å²) in [5, 5.41) is 14.1. The van der Waals surface area contributed by atoms with E-state index in [-0.39, 0.29) is 5.41 Å². The van der Waals surface area contributed by atoms with E-state index in [4.69, 9.17) is 4.74 Å². The van der Waals surface area contributed by atoms with Gasteiger partial charge in [-0.15, -0.1) is 0 Å². The Balaban J connectivity index is 1.33. The Morgan fingerprint density at radius 3 is 2.68 bits per heavy atom. The SMILES string of the molecule is Cc1cccc(Oc2cccc(CN3CCC(C)(C(O)NCc4ccccn4)C3)c2)c1. The molecule has 0 amide bonds. The fourth-order valence-electron chi connectivity index (χ4n) is 4.17. The van der Waals surface area contributed by atoms with Crippen LogP contribution in [0.2, 0.25) is 0 Å². The molecule has 162 valence electrons. The Morgan fingerprint density at radius 1 is 1.10 bits per heavy atom. The summed E-state index contributed by atoms with van der Waals surface area (Å²) in [7, 11) is 0. The highest BCUT2D eigenvalue weighted by Gasteiger charge is 2.39. The molecule has 0 bridgehead atoms. The van der Waals surface area contributed by atoms with E-state index in [1.165, 1.54) is 11.1 Å². The predicted octanol–water partition coefficient (Wildman–Crippen LogP) is 4.50. The van der Waals surface area contributed by atoms with E-state index in [1.54, 1.807) is 6.20 Å². The average molecular weight is 418 g/mol. The number of aromatic nitrogens is 1. The zero-order chi connectivity index (χ0) is 21.7. The number of pyridine rings is 1. The minimum Gasteiger partial charge on any atom is -0.457 e.